The normalized spacial score (nSPS) is 10.9. The van der Waals surface area contributed by atoms with Crippen LogP contribution >= 0.6 is 35.7 Å². The molecular weight excluding hydrogens is 405 g/mol. The molecule has 0 heterocycles. The van der Waals surface area contributed by atoms with Gasteiger partial charge in [0.1, 0.15) is 0 Å². The van der Waals surface area contributed by atoms with Crippen molar-refractivity contribution in [2.45, 2.75) is 29.7 Å². The lowest BCUT2D eigenvalue weighted by Crippen LogP contribution is -2.32. The first-order valence-corrected chi connectivity index (χ1v) is 7.95. The van der Waals surface area contributed by atoms with E-state index < -0.39 is 0 Å². The Bertz CT molecular complexity index is 570. The molecule has 3 nitrogen and oxygen atoms in total. The average molecular weight is 427 g/mol. The minimum absolute atomic E-state index is 0. The number of benzene rings is 2. The first kappa shape index (κ1) is 18.8. The summed E-state index contributed by atoms with van der Waals surface area (Å²) >= 11 is 1.76. The zero-order chi connectivity index (χ0) is 14.9. The van der Waals surface area contributed by atoms with Crippen LogP contribution in [0.4, 0.5) is 0 Å². The molecule has 0 aliphatic rings. The van der Waals surface area contributed by atoms with E-state index in [1.54, 1.807) is 11.8 Å². The number of nitrogens with two attached hydrogens (primary N) is 1. The van der Waals surface area contributed by atoms with Gasteiger partial charge in [-0.2, -0.15) is 0 Å². The van der Waals surface area contributed by atoms with Crippen LogP contribution < -0.4 is 11.1 Å². The van der Waals surface area contributed by atoms with Crippen LogP contribution in [0.3, 0.4) is 0 Å². The summed E-state index contributed by atoms with van der Waals surface area (Å²) in [6.45, 7) is 3.57. The van der Waals surface area contributed by atoms with Crippen LogP contribution in [-0.4, -0.2) is 12.5 Å². The summed E-state index contributed by atoms with van der Waals surface area (Å²) < 4.78 is 0. The van der Waals surface area contributed by atoms with Crippen molar-refractivity contribution in [3.05, 3.63) is 60.2 Å². The van der Waals surface area contributed by atoms with Crippen molar-refractivity contribution in [2.24, 2.45) is 10.7 Å². The van der Waals surface area contributed by atoms with Crippen LogP contribution in [-0.2, 0) is 6.54 Å². The average Bonchev–Trinajstić information content (AvgIpc) is 2.53. The molecule has 0 radical (unpaired) electrons. The fourth-order valence-electron chi connectivity index (χ4n) is 1.77. The standard InChI is InChI=1S/C17H21N3S.HI/c1-2-12-19-17(18)20-13-14-8-10-16(11-9-14)21-15-6-4-3-5-7-15;/h3-11H,2,12-13H2,1H3,(H3,18,19,20);1H. The van der Waals surface area contributed by atoms with Crippen molar-refractivity contribution in [3.8, 4) is 0 Å². The highest BCUT2D eigenvalue weighted by Gasteiger charge is 1.98. The molecule has 0 atom stereocenters. The smallest absolute Gasteiger partial charge is 0.188 e. The maximum absolute atomic E-state index is 5.77. The molecule has 118 valence electrons. The Morgan fingerprint density at radius 1 is 1.05 bits per heavy atom. The Morgan fingerprint density at radius 3 is 2.32 bits per heavy atom. The third kappa shape index (κ3) is 6.70. The summed E-state index contributed by atoms with van der Waals surface area (Å²) in [6.07, 6.45) is 1.04. The molecule has 0 fully saturated rings. The van der Waals surface area contributed by atoms with Gasteiger partial charge in [0, 0.05) is 16.3 Å². The van der Waals surface area contributed by atoms with Crippen LogP contribution in [0, 0.1) is 0 Å². The highest BCUT2D eigenvalue weighted by molar-refractivity contribution is 14.0. The van der Waals surface area contributed by atoms with E-state index in [0.29, 0.717) is 12.5 Å². The monoisotopic (exact) mass is 427 g/mol. The van der Waals surface area contributed by atoms with Crippen molar-refractivity contribution in [3.63, 3.8) is 0 Å². The van der Waals surface area contributed by atoms with Crippen molar-refractivity contribution in [1.82, 2.24) is 5.32 Å². The summed E-state index contributed by atoms with van der Waals surface area (Å²) in [4.78, 5) is 6.80. The van der Waals surface area contributed by atoms with E-state index in [-0.39, 0.29) is 24.0 Å². The molecule has 2 rings (SSSR count). The lowest BCUT2D eigenvalue weighted by atomic mass is 10.2. The molecule has 22 heavy (non-hydrogen) atoms. The molecule has 0 spiro atoms. The van der Waals surface area contributed by atoms with Gasteiger partial charge in [-0.05, 0) is 36.2 Å². The Hall–Kier alpha value is -1.21. The highest BCUT2D eigenvalue weighted by Crippen LogP contribution is 2.27. The zero-order valence-electron chi connectivity index (χ0n) is 12.7. The number of hydrogen-bond donors (Lipinski definition) is 2. The number of guanidine groups is 1. The number of hydrogen-bond acceptors (Lipinski definition) is 2. The van der Waals surface area contributed by atoms with Crippen LogP contribution in [0.15, 0.2) is 69.4 Å². The zero-order valence-corrected chi connectivity index (χ0v) is 15.8. The Labute approximate surface area is 153 Å². The molecule has 0 saturated carbocycles. The van der Waals surface area contributed by atoms with Crippen molar-refractivity contribution < 1.29 is 0 Å². The van der Waals surface area contributed by atoms with Crippen LogP contribution in [0.2, 0.25) is 0 Å². The Morgan fingerprint density at radius 2 is 1.68 bits per heavy atom. The Balaban J connectivity index is 0.00000242. The second kappa shape index (κ2) is 10.5. The third-order valence-corrected chi connectivity index (χ3v) is 3.91. The topological polar surface area (TPSA) is 50.4 Å². The van der Waals surface area contributed by atoms with Gasteiger partial charge in [0.25, 0.3) is 0 Å². The molecule has 0 aliphatic carbocycles. The van der Waals surface area contributed by atoms with E-state index in [0.717, 1.165) is 18.5 Å². The van der Waals surface area contributed by atoms with Gasteiger partial charge in [-0.1, -0.05) is 49.0 Å². The summed E-state index contributed by atoms with van der Waals surface area (Å²) in [6, 6.07) is 18.8. The lowest BCUT2D eigenvalue weighted by Gasteiger charge is -2.05. The molecule has 2 aromatic carbocycles. The molecule has 0 saturated heterocycles. The van der Waals surface area contributed by atoms with Gasteiger partial charge >= 0.3 is 0 Å². The number of rotatable bonds is 6. The minimum atomic E-state index is 0. The summed E-state index contributed by atoms with van der Waals surface area (Å²) in [5, 5.41) is 3.07. The Kier molecular flexibility index (Phi) is 9.00. The summed E-state index contributed by atoms with van der Waals surface area (Å²) in [7, 11) is 0. The first-order valence-electron chi connectivity index (χ1n) is 7.13. The van der Waals surface area contributed by atoms with Gasteiger partial charge in [0.15, 0.2) is 5.96 Å². The maximum atomic E-state index is 5.77. The number of halogens is 1. The quantitative estimate of drug-likeness (QED) is 0.411. The van der Waals surface area contributed by atoms with Crippen LogP contribution in [0.25, 0.3) is 0 Å². The molecule has 0 bridgehead atoms. The molecular formula is C17H22IN3S. The van der Waals surface area contributed by atoms with E-state index >= 15 is 0 Å². The lowest BCUT2D eigenvalue weighted by molar-refractivity contribution is 0.825. The van der Waals surface area contributed by atoms with Crippen LogP contribution in [0.5, 0.6) is 0 Å². The maximum Gasteiger partial charge on any atom is 0.188 e. The molecule has 3 N–H and O–H groups in total. The van der Waals surface area contributed by atoms with E-state index in [4.69, 9.17) is 5.73 Å². The number of aliphatic imine (C=N–C) groups is 1. The highest BCUT2D eigenvalue weighted by atomic mass is 127. The van der Waals surface area contributed by atoms with Gasteiger partial charge in [0.2, 0.25) is 0 Å². The fourth-order valence-corrected chi connectivity index (χ4v) is 2.61. The van der Waals surface area contributed by atoms with Gasteiger partial charge < -0.3 is 11.1 Å². The summed E-state index contributed by atoms with van der Waals surface area (Å²) in [5.41, 5.74) is 6.94. The molecule has 2 aromatic rings. The van der Waals surface area contributed by atoms with Gasteiger partial charge in [-0.15, -0.1) is 24.0 Å². The number of nitrogens with zero attached hydrogens (tertiary/aromatic N) is 1. The van der Waals surface area contributed by atoms with Gasteiger partial charge in [-0.25, -0.2) is 4.99 Å². The van der Waals surface area contributed by atoms with Gasteiger partial charge in [-0.3, -0.25) is 0 Å². The van der Waals surface area contributed by atoms with Gasteiger partial charge in [0.05, 0.1) is 6.54 Å². The second-order valence-electron chi connectivity index (χ2n) is 4.69. The van der Waals surface area contributed by atoms with Crippen molar-refractivity contribution in [1.29, 1.82) is 0 Å². The third-order valence-electron chi connectivity index (χ3n) is 2.89. The van der Waals surface area contributed by atoms with Crippen molar-refractivity contribution in [2.75, 3.05) is 6.54 Å². The summed E-state index contributed by atoms with van der Waals surface area (Å²) in [5.74, 6) is 0.514. The predicted octanol–water partition coefficient (Wildman–Crippen LogP) is 4.27. The second-order valence-corrected chi connectivity index (χ2v) is 5.83. The fraction of sp³-hybridized carbons (Fsp3) is 0.235. The largest absolute Gasteiger partial charge is 0.370 e. The number of nitrogens with one attached hydrogen (secondary N) is 1. The van der Waals surface area contributed by atoms with E-state index in [2.05, 4.69) is 65.8 Å². The molecule has 0 aliphatic heterocycles. The molecule has 0 aromatic heterocycles. The van der Waals surface area contributed by atoms with E-state index in [9.17, 15) is 0 Å². The van der Waals surface area contributed by atoms with Crippen LogP contribution in [0.1, 0.15) is 18.9 Å². The molecule has 0 amide bonds. The SMILES string of the molecule is CCCNC(N)=NCc1ccc(Sc2ccccc2)cc1.I. The first-order chi connectivity index (χ1) is 10.3. The molecule has 0 unspecified atom stereocenters. The predicted molar refractivity (Wildman–Crippen MR) is 106 cm³/mol. The van der Waals surface area contributed by atoms with Crippen molar-refractivity contribution >= 4 is 41.7 Å². The molecule has 5 heteroatoms. The van der Waals surface area contributed by atoms with E-state index in [1.807, 2.05) is 6.07 Å². The van der Waals surface area contributed by atoms with E-state index in [1.165, 1.54) is 9.79 Å². The minimum Gasteiger partial charge on any atom is -0.370 e.